The quantitative estimate of drug-likeness (QED) is 0.858. The molecule has 1 fully saturated rings. The average molecular weight is 341 g/mol. The molecule has 0 atom stereocenters. The van der Waals surface area contributed by atoms with Gasteiger partial charge in [-0.15, -0.1) is 0 Å². The number of para-hydroxylation sites is 1. The van der Waals surface area contributed by atoms with Gasteiger partial charge in [0.15, 0.2) is 0 Å². The van der Waals surface area contributed by atoms with E-state index in [4.69, 9.17) is 9.47 Å². The number of methoxy groups -OCH3 is 1. The highest BCUT2D eigenvalue weighted by Crippen LogP contribution is 2.22. The van der Waals surface area contributed by atoms with Crippen LogP contribution in [0.3, 0.4) is 0 Å². The Morgan fingerprint density at radius 3 is 2.72 bits per heavy atom. The second-order valence-electron chi connectivity index (χ2n) is 5.53. The number of carbonyl (C=O) groups is 2. The number of hydrogen-bond donors (Lipinski definition) is 1. The van der Waals surface area contributed by atoms with Crippen molar-refractivity contribution >= 4 is 23.3 Å². The van der Waals surface area contributed by atoms with Crippen LogP contribution in [0.15, 0.2) is 42.7 Å². The minimum Gasteiger partial charge on any atom is -0.465 e. The maximum absolute atomic E-state index is 12.6. The molecule has 1 aliphatic heterocycles. The molecule has 130 valence electrons. The van der Waals surface area contributed by atoms with Crippen molar-refractivity contribution in [1.82, 2.24) is 9.88 Å². The van der Waals surface area contributed by atoms with E-state index in [1.807, 2.05) is 6.07 Å². The van der Waals surface area contributed by atoms with Crippen LogP contribution in [0.25, 0.3) is 0 Å². The molecular weight excluding hydrogens is 322 g/mol. The highest BCUT2D eigenvalue weighted by Gasteiger charge is 2.19. The zero-order valence-corrected chi connectivity index (χ0v) is 13.9. The molecule has 1 N–H and O–H groups in total. The number of ether oxygens (including phenoxy) is 2. The van der Waals surface area contributed by atoms with Crippen molar-refractivity contribution in [1.29, 1.82) is 0 Å². The third-order valence-corrected chi connectivity index (χ3v) is 3.89. The molecule has 25 heavy (non-hydrogen) atoms. The van der Waals surface area contributed by atoms with Gasteiger partial charge in [0, 0.05) is 19.3 Å². The van der Waals surface area contributed by atoms with E-state index in [1.54, 1.807) is 35.4 Å². The number of carbonyl (C=O) groups excluding carboxylic acids is 2. The van der Waals surface area contributed by atoms with Gasteiger partial charge in [-0.25, -0.2) is 4.79 Å². The summed E-state index contributed by atoms with van der Waals surface area (Å²) in [6.45, 7) is 2.23. The molecule has 7 nitrogen and oxygen atoms in total. The first-order valence-electron chi connectivity index (χ1n) is 7.95. The summed E-state index contributed by atoms with van der Waals surface area (Å²) in [7, 11) is 1.34. The van der Waals surface area contributed by atoms with Gasteiger partial charge < -0.3 is 19.7 Å². The summed E-state index contributed by atoms with van der Waals surface area (Å²) in [6.07, 6.45) is 3.14. The summed E-state index contributed by atoms with van der Waals surface area (Å²) >= 11 is 0. The van der Waals surface area contributed by atoms with E-state index < -0.39 is 5.97 Å². The van der Waals surface area contributed by atoms with Crippen LogP contribution in [-0.2, 0) is 9.47 Å². The molecule has 0 aliphatic carbocycles. The maximum Gasteiger partial charge on any atom is 0.339 e. The molecule has 0 unspecified atom stereocenters. The van der Waals surface area contributed by atoms with E-state index >= 15 is 0 Å². The summed E-state index contributed by atoms with van der Waals surface area (Å²) in [6, 6.07) is 8.73. The Morgan fingerprint density at radius 1 is 1.20 bits per heavy atom. The summed E-state index contributed by atoms with van der Waals surface area (Å²) in [5.74, 6) is -0.516. The van der Waals surface area contributed by atoms with Gasteiger partial charge in [-0.2, -0.15) is 0 Å². The second-order valence-corrected chi connectivity index (χ2v) is 5.53. The number of benzene rings is 1. The van der Waals surface area contributed by atoms with Crippen LogP contribution >= 0.6 is 0 Å². The van der Waals surface area contributed by atoms with Crippen molar-refractivity contribution < 1.29 is 19.1 Å². The Labute approximate surface area is 145 Å². The van der Waals surface area contributed by atoms with Gasteiger partial charge in [-0.05, 0) is 18.2 Å². The number of nitrogens with one attached hydrogen (secondary N) is 1. The topological polar surface area (TPSA) is 80.8 Å². The van der Waals surface area contributed by atoms with Crippen molar-refractivity contribution in [3.05, 3.63) is 53.9 Å². The molecule has 1 aliphatic rings. The molecule has 2 heterocycles. The van der Waals surface area contributed by atoms with Crippen molar-refractivity contribution in [3.8, 4) is 0 Å². The standard InChI is InChI=1S/C18H19N3O4/c1-24-18(23)15-4-2-3-5-16(15)20-14-10-13(11-19-12-14)17(22)21-6-8-25-9-7-21/h2-5,10-12,20H,6-9H2,1H3. The summed E-state index contributed by atoms with van der Waals surface area (Å²) < 4.78 is 10.1. The lowest BCUT2D eigenvalue weighted by molar-refractivity contribution is 0.0302. The average Bonchev–Trinajstić information content (AvgIpc) is 2.68. The molecule has 0 saturated carbocycles. The minimum absolute atomic E-state index is 0.0827. The first-order valence-corrected chi connectivity index (χ1v) is 7.95. The van der Waals surface area contributed by atoms with E-state index in [2.05, 4.69) is 10.3 Å². The Hall–Kier alpha value is -2.93. The number of amides is 1. The highest BCUT2D eigenvalue weighted by atomic mass is 16.5. The van der Waals surface area contributed by atoms with Gasteiger partial charge in [0.2, 0.25) is 0 Å². The predicted octanol–water partition coefficient (Wildman–Crippen LogP) is 2.08. The fourth-order valence-electron chi connectivity index (χ4n) is 2.61. The summed E-state index contributed by atoms with van der Waals surface area (Å²) in [4.78, 5) is 30.3. The van der Waals surface area contributed by atoms with E-state index in [0.717, 1.165) is 0 Å². The zero-order chi connectivity index (χ0) is 17.6. The second kappa shape index (κ2) is 7.76. The van der Waals surface area contributed by atoms with Crippen LogP contribution in [0.2, 0.25) is 0 Å². The first kappa shape index (κ1) is 16.9. The number of aromatic nitrogens is 1. The third-order valence-electron chi connectivity index (χ3n) is 3.89. The summed E-state index contributed by atoms with van der Waals surface area (Å²) in [5, 5.41) is 3.13. The molecule has 1 saturated heterocycles. The van der Waals surface area contributed by atoms with E-state index in [-0.39, 0.29) is 5.91 Å². The summed E-state index contributed by atoms with van der Waals surface area (Å²) in [5.41, 5.74) is 2.11. The lowest BCUT2D eigenvalue weighted by Gasteiger charge is -2.26. The molecule has 7 heteroatoms. The molecule has 3 rings (SSSR count). The first-order chi connectivity index (χ1) is 12.2. The van der Waals surface area contributed by atoms with Crippen molar-refractivity contribution in [2.45, 2.75) is 0 Å². The molecule has 2 aromatic rings. The van der Waals surface area contributed by atoms with Crippen LogP contribution in [0.5, 0.6) is 0 Å². The third kappa shape index (κ3) is 3.95. The van der Waals surface area contributed by atoms with E-state index in [1.165, 1.54) is 13.3 Å². The molecular formula is C18H19N3O4. The Morgan fingerprint density at radius 2 is 1.96 bits per heavy atom. The normalized spacial score (nSPS) is 14.0. The molecule has 1 aromatic carbocycles. The largest absolute Gasteiger partial charge is 0.465 e. The Bertz CT molecular complexity index is 772. The van der Waals surface area contributed by atoms with Gasteiger partial charge in [0.1, 0.15) is 0 Å². The van der Waals surface area contributed by atoms with E-state index in [0.29, 0.717) is 48.8 Å². The number of esters is 1. The maximum atomic E-state index is 12.6. The molecule has 0 spiro atoms. The Kier molecular flexibility index (Phi) is 5.25. The van der Waals surface area contributed by atoms with Crippen molar-refractivity contribution in [2.24, 2.45) is 0 Å². The van der Waals surface area contributed by atoms with Crippen LogP contribution in [0.4, 0.5) is 11.4 Å². The fourth-order valence-corrected chi connectivity index (χ4v) is 2.61. The van der Waals surface area contributed by atoms with Crippen molar-refractivity contribution in [2.75, 3.05) is 38.7 Å². The molecule has 0 bridgehead atoms. The van der Waals surface area contributed by atoms with Gasteiger partial charge in [0.25, 0.3) is 5.91 Å². The van der Waals surface area contributed by atoms with Gasteiger partial charge in [0.05, 0.1) is 49.0 Å². The van der Waals surface area contributed by atoms with Crippen molar-refractivity contribution in [3.63, 3.8) is 0 Å². The fraction of sp³-hybridized carbons (Fsp3) is 0.278. The molecule has 1 amide bonds. The monoisotopic (exact) mass is 341 g/mol. The number of pyridine rings is 1. The number of rotatable bonds is 4. The minimum atomic E-state index is -0.434. The lowest BCUT2D eigenvalue weighted by atomic mass is 10.1. The van der Waals surface area contributed by atoms with Crippen LogP contribution < -0.4 is 5.32 Å². The van der Waals surface area contributed by atoms with Crippen LogP contribution in [0.1, 0.15) is 20.7 Å². The predicted molar refractivity (Wildman–Crippen MR) is 92.0 cm³/mol. The highest BCUT2D eigenvalue weighted by molar-refractivity contribution is 5.97. The van der Waals surface area contributed by atoms with E-state index in [9.17, 15) is 9.59 Å². The van der Waals surface area contributed by atoms with Crippen LogP contribution in [-0.4, -0.2) is 55.2 Å². The SMILES string of the molecule is COC(=O)c1ccccc1Nc1cncc(C(=O)N2CCOCC2)c1. The smallest absolute Gasteiger partial charge is 0.339 e. The Balaban J connectivity index is 1.81. The number of hydrogen-bond acceptors (Lipinski definition) is 6. The lowest BCUT2D eigenvalue weighted by Crippen LogP contribution is -2.40. The van der Waals surface area contributed by atoms with Gasteiger partial charge in [-0.3, -0.25) is 9.78 Å². The number of anilines is 2. The van der Waals surface area contributed by atoms with Gasteiger partial charge in [-0.1, -0.05) is 12.1 Å². The number of morpholine rings is 1. The number of nitrogens with zero attached hydrogens (tertiary/aromatic N) is 2. The zero-order valence-electron chi connectivity index (χ0n) is 13.9. The van der Waals surface area contributed by atoms with Gasteiger partial charge >= 0.3 is 5.97 Å². The molecule has 1 aromatic heterocycles. The molecule has 0 radical (unpaired) electrons. The van der Waals surface area contributed by atoms with Crippen LogP contribution in [0, 0.1) is 0 Å².